The normalized spacial score (nSPS) is 22.8. The topological polar surface area (TPSA) is 32.3 Å². The van der Waals surface area contributed by atoms with E-state index in [0.717, 1.165) is 51.9 Å². The summed E-state index contributed by atoms with van der Waals surface area (Å²) in [7, 11) is 0. The fraction of sp³-hybridized carbons (Fsp3) is 0.588. The molecule has 20 heavy (non-hydrogen) atoms. The highest BCUT2D eigenvalue weighted by Gasteiger charge is 2.42. The zero-order valence-corrected chi connectivity index (χ0v) is 12.3. The van der Waals surface area contributed by atoms with Crippen molar-refractivity contribution in [3.63, 3.8) is 0 Å². The number of carbonyl (C=O) groups excluding carboxylic acids is 1. The van der Waals surface area contributed by atoms with Crippen molar-refractivity contribution < 1.29 is 4.79 Å². The van der Waals surface area contributed by atoms with E-state index < -0.39 is 0 Å². The van der Waals surface area contributed by atoms with Gasteiger partial charge in [-0.1, -0.05) is 29.8 Å². The van der Waals surface area contributed by atoms with Gasteiger partial charge in [0.2, 0.25) is 5.91 Å². The van der Waals surface area contributed by atoms with Crippen molar-refractivity contribution in [3.8, 4) is 0 Å². The Morgan fingerprint density at radius 1 is 1.15 bits per heavy atom. The number of aryl methyl sites for hydroxylation is 1. The molecule has 3 rings (SSSR count). The zero-order valence-electron chi connectivity index (χ0n) is 12.3. The average molecular weight is 272 g/mol. The molecule has 2 heterocycles. The van der Waals surface area contributed by atoms with Crippen LogP contribution in [0.4, 0.5) is 0 Å². The standard InChI is InChI=1S/C17H24N2O/c1-14-3-5-15(6-4-14)13-19-11-8-17(9-12-19)7-2-10-18-16(17)20/h3-6H,2,7-13H2,1H3,(H,18,20). The first-order valence-corrected chi connectivity index (χ1v) is 7.74. The van der Waals surface area contributed by atoms with E-state index in [-0.39, 0.29) is 5.41 Å². The van der Waals surface area contributed by atoms with Crippen molar-refractivity contribution in [1.29, 1.82) is 0 Å². The van der Waals surface area contributed by atoms with Gasteiger partial charge in [0.05, 0.1) is 5.41 Å². The Bertz CT molecular complexity index is 472. The predicted molar refractivity (Wildman–Crippen MR) is 80.4 cm³/mol. The van der Waals surface area contributed by atoms with Gasteiger partial charge in [-0.2, -0.15) is 0 Å². The van der Waals surface area contributed by atoms with Crippen LogP contribution in [0.25, 0.3) is 0 Å². The number of rotatable bonds is 2. The smallest absolute Gasteiger partial charge is 0.226 e. The molecule has 0 aromatic heterocycles. The molecule has 1 spiro atoms. The summed E-state index contributed by atoms with van der Waals surface area (Å²) in [5, 5.41) is 3.06. The van der Waals surface area contributed by atoms with Crippen LogP contribution in [0.1, 0.15) is 36.8 Å². The molecule has 3 heteroatoms. The quantitative estimate of drug-likeness (QED) is 0.897. The van der Waals surface area contributed by atoms with Crippen molar-refractivity contribution in [3.05, 3.63) is 35.4 Å². The molecule has 0 atom stereocenters. The second-order valence-corrected chi connectivity index (χ2v) is 6.40. The van der Waals surface area contributed by atoms with Gasteiger partial charge in [0.15, 0.2) is 0 Å². The minimum absolute atomic E-state index is 0.0535. The monoisotopic (exact) mass is 272 g/mol. The third-order valence-electron chi connectivity index (χ3n) is 4.94. The fourth-order valence-electron chi connectivity index (χ4n) is 3.50. The first kappa shape index (κ1) is 13.6. The van der Waals surface area contributed by atoms with Crippen LogP contribution in [0.15, 0.2) is 24.3 Å². The largest absolute Gasteiger partial charge is 0.356 e. The van der Waals surface area contributed by atoms with E-state index in [1.54, 1.807) is 0 Å². The molecule has 0 bridgehead atoms. The Kier molecular flexibility index (Phi) is 3.79. The third-order valence-corrected chi connectivity index (χ3v) is 4.94. The van der Waals surface area contributed by atoms with Gasteiger partial charge in [-0.15, -0.1) is 0 Å². The maximum Gasteiger partial charge on any atom is 0.226 e. The number of hydrogen-bond acceptors (Lipinski definition) is 2. The number of piperidine rings is 2. The summed E-state index contributed by atoms with van der Waals surface area (Å²) in [6.45, 7) is 6.09. The summed E-state index contributed by atoms with van der Waals surface area (Å²) in [6.07, 6.45) is 4.26. The Balaban J connectivity index is 1.58. The fourth-order valence-corrected chi connectivity index (χ4v) is 3.50. The second kappa shape index (κ2) is 5.57. The zero-order chi connectivity index (χ0) is 14.0. The van der Waals surface area contributed by atoms with Crippen molar-refractivity contribution in [2.75, 3.05) is 19.6 Å². The molecule has 3 nitrogen and oxygen atoms in total. The Hall–Kier alpha value is -1.35. The maximum atomic E-state index is 12.1. The number of amides is 1. The van der Waals surface area contributed by atoms with Crippen LogP contribution in [-0.4, -0.2) is 30.4 Å². The molecule has 0 aliphatic carbocycles. The van der Waals surface area contributed by atoms with E-state index >= 15 is 0 Å². The molecule has 2 saturated heterocycles. The maximum absolute atomic E-state index is 12.1. The minimum Gasteiger partial charge on any atom is -0.356 e. The summed E-state index contributed by atoms with van der Waals surface area (Å²) in [5.41, 5.74) is 2.63. The summed E-state index contributed by atoms with van der Waals surface area (Å²) >= 11 is 0. The molecular weight excluding hydrogens is 248 g/mol. The molecular formula is C17H24N2O. The number of likely N-dealkylation sites (tertiary alicyclic amines) is 1. The first-order chi connectivity index (χ1) is 9.68. The van der Waals surface area contributed by atoms with Crippen LogP contribution >= 0.6 is 0 Å². The molecule has 2 aliphatic heterocycles. The van der Waals surface area contributed by atoms with E-state index in [1.165, 1.54) is 11.1 Å². The van der Waals surface area contributed by atoms with Crippen molar-refractivity contribution >= 4 is 5.91 Å². The molecule has 2 aliphatic rings. The molecule has 1 amide bonds. The molecule has 0 unspecified atom stereocenters. The molecule has 0 radical (unpaired) electrons. The lowest BCUT2D eigenvalue weighted by atomic mass is 9.72. The van der Waals surface area contributed by atoms with E-state index in [1.807, 2.05) is 0 Å². The Labute approximate surface area is 121 Å². The lowest BCUT2D eigenvalue weighted by Crippen LogP contribution is -2.51. The molecule has 0 saturated carbocycles. The highest BCUT2D eigenvalue weighted by atomic mass is 16.2. The van der Waals surface area contributed by atoms with Gasteiger partial charge in [-0.3, -0.25) is 9.69 Å². The van der Waals surface area contributed by atoms with Crippen LogP contribution < -0.4 is 5.32 Å². The lowest BCUT2D eigenvalue weighted by Gasteiger charge is -2.42. The van der Waals surface area contributed by atoms with Crippen molar-refractivity contribution in [2.45, 2.75) is 39.2 Å². The van der Waals surface area contributed by atoms with E-state index in [4.69, 9.17) is 0 Å². The molecule has 108 valence electrons. The van der Waals surface area contributed by atoms with Gasteiger partial charge in [-0.05, 0) is 51.3 Å². The number of nitrogens with one attached hydrogen (secondary N) is 1. The second-order valence-electron chi connectivity index (χ2n) is 6.40. The number of benzene rings is 1. The van der Waals surface area contributed by atoms with Gasteiger partial charge >= 0.3 is 0 Å². The number of carbonyl (C=O) groups is 1. The van der Waals surface area contributed by atoms with Gasteiger partial charge in [0.1, 0.15) is 0 Å². The van der Waals surface area contributed by atoms with E-state index in [9.17, 15) is 4.79 Å². The summed E-state index contributed by atoms with van der Waals surface area (Å²) < 4.78 is 0. The average Bonchev–Trinajstić information content (AvgIpc) is 2.47. The van der Waals surface area contributed by atoms with Crippen molar-refractivity contribution in [2.24, 2.45) is 5.41 Å². The number of nitrogens with zero attached hydrogens (tertiary/aromatic N) is 1. The van der Waals surface area contributed by atoms with Crippen LogP contribution in [0.5, 0.6) is 0 Å². The first-order valence-electron chi connectivity index (χ1n) is 7.74. The highest BCUT2D eigenvalue weighted by molar-refractivity contribution is 5.83. The molecule has 1 N–H and O–H groups in total. The van der Waals surface area contributed by atoms with Gasteiger partial charge in [-0.25, -0.2) is 0 Å². The van der Waals surface area contributed by atoms with Gasteiger partial charge in [0.25, 0.3) is 0 Å². The van der Waals surface area contributed by atoms with Crippen LogP contribution in [0.3, 0.4) is 0 Å². The summed E-state index contributed by atoms with van der Waals surface area (Å²) in [4.78, 5) is 14.6. The lowest BCUT2D eigenvalue weighted by molar-refractivity contribution is -0.136. The van der Waals surface area contributed by atoms with Gasteiger partial charge < -0.3 is 5.32 Å². The SMILES string of the molecule is Cc1ccc(CN2CCC3(CCCNC3=O)CC2)cc1. The third kappa shape index (κ3) is 2.73. The molecule has 2 fully saturated rings. The van der Waals surface area contributed by atoms with E-state index in [0.29, 0.717) is 5.91 Å². The Morgan fingerprint density at radius 3 is 2.50 bits per heavy atom. The molecule has 1 aromatic rings. The highest BCUT2D eigenvalue weighted by Crippen LogP contribution is 2.38. The van der Waals surface area contributed by atoms with Crippen molar-refractivity contribution in [1.82, 2.24) is 10.2 Å². The van der Waals surface area contributed by atoms with Crippen LogP contribution in [0, 0.1) is 12.3 Å². The summed E-state index contributed by atoms with van der Waals surface area (Å²) in [6, 6.07) is 8.78. The van der Waals surface area contributed by atoms with Gasteiger partial charge in [0, 0.05) is 13.1 Å². The predicted octanol–water partition coefficient (Wildman–Crippen LogP) is 2.49. The number of hydrogen-bond donors (Lipinski definition) is 1. The summed E-state index contributed by atoms with van der Waals surface area (Å²) in [5.74, 6) is 0.304. The minimum atomic E-state index is -0.0535. The van der Waals surface area contributed by atoms with Crippen LogP contribution in [0.2, 0.25) is 0 Å². The molecule has 1 aromatic carbocycles. The Morgan fingerprint density at radius 2 is 1.85 bits per heavy atom. The van der Waals surface area contributed by atoms with E-state index in [2.05, 4.69) is 41.4 Å². The van der Waals surface area contributed by atoms with Crippen LogP contribution in [-0.2, 0) is 11.3 Å².